The van der Waals surface area contributed by atoms with Crippen molar-refractivity contribution in [3.63, 3.8) is 0 Å². The number of rotatable bonds is 8. The molecule has 0 saturated carbocycles. The van der Waals surface area contributed by atoms with E-state index in [4.69, 9.17) is 9.47 Å². The van der Waals surface area contributed by atoms with Crippen LogP contribution >= 0.6 is 0 Å². The minimum Gasteiger partial charge on any atom is -0.463 e. The quantitative estimate of drug-likeness (QED) is 0.529. The summed E-state index contributed by atoms with van der Waals surface area (Å²) in [6, 6.07) is 14.5. The first-order chi connectivity index (χ1) is 15.9. The first kappa shape index (κ1) is 23.5. The molecule has 33 heavy (non-hydrogen) atoms. The van der Waals surface area contributed by atoms with Gasteiger partial charge in [-0.3, -0.25) is 9.59 Å². The number of esters is 2. The SMILES string of the molecule is CCOC(=O)C1=C(COC(=O)CNC(=O)c2cccc(C)c2)NC(=O)NC1c1ccccc1. The summed E-state index contributed by atoms with van der Waals surface area (Å²) in [5.41, 5.74) is 2.26. The molecule has 0 aromatic heterocycles. The highest BCUT2D eigenvalue weighted by Crippen LogP contribution is 2.27. The number of aryl methyl sites for hydroxylation is 1. The number of benzene rings is 2. The molecular weight excluding hydrogens is 426 g/mol. The fourth-order valence-electron chi connectivity index (χ4n) is 3.32. The Kier molecular flexibility index (Phi) is 7.80. The minimum absolute atomic E-state index is 0.115. The van der Waals surface area contributed by atoms with E-state index in [-0.39, 0.29) is 31.0 Å². The van der Waals surface area contributed by atoms with Crippen LogP contribution in [0.25, 0.3) is 0 Å². The van der Waals surface area contributed by atoms with Crippen molar-refractivity contribution in [3.8, 4) is 0 Å². The van der Waals surface area contributed by atoms with Gasteiger partial charge in [-0.2, -0.15) is 0 Å². The average molecular weight is 451 g/mol. The Hall–Kier alpha value is -4.14. The lowest BCUT2D eigenvalue weighted by molar-refractivity contribution is -0.142. The van der Waals surface area contributed by atoms with Gasteiger partial charge >= 0.3 is 18.0 Å². The number of carbonyl (C=O) groups excluding carboxylic acids is 4. The number of urea groups is 1. The maximum absolute atomic E-state index is 12.7. The monoisotopic (exact) mass is 451 g/mol. The summed E-state index contributed by atoms with van der Waals surface area (Å²) in [6.45, 7) is 2.92. The summed E-state index contributed by atoms with van der Waals surface area (Å²) in [5, 5.41) is 7.71. The number of ether oxygens (including phenoxy) is 2. The van der Waals surface area contributed by atoms with Crippen molar-refractivity contribution < 1.29 is 28.7 Å². The van der Waals surface area contributed by atoms with Crippen LogP contribution in [-0.4, -0.2) is 43.6 Å². The first-order valence-electron chi connectivity index (χ1n) is 10.4. The zero-order valence-electron chi connectivity index (χ0n) is 18.3. The van der Waals surface area contributed by atoms with Gasteiger partial charge in [0.05, 0.1) is 23.9 Å². The molecular formula is C24H25N3O6. The van der Waals surface area contributed by atoms with Gasteiger partial charge in [0.1, 0.15) is 13.2 Å². The number of hydrogen-bond donors (Lipinski definition) is 3. The van der Waals surface area contributed by atoms with Crippen LogP contribution in [0.3, 0.4) is 0 Å². The van der Waals surface area contributed by atoms with E-state index in [2.05, 4.69) is 16.0 Å². The van der Waals surface area contributed by atoms with E-state index in [1.807, 2.05) is 19.1 Å². The van der Waals surface area contributed by atoms with Crippen molar-refractivity contribution in [1.29, 1.82) is 0 Å². The summed E-state index contributed by atoms with van der Waals surface area (Å²) >= 11 is 0. The van der Waals surface area contributed by atoms with Crippen LogP contribution < -0.4 is 16.0 Å². The second-order valence-corrected chi connectivity index (χ2v) is 7.27. The third-order valence-electron chi connectivity index (χ3n) is 4.83. The fraction of sp³-hybridized carbons (Fsp3) is 0.250. The van der Waals surface area contributed by atoms with Crippen LogP contribution in [0.5, 0.6) is 0 Å². The zero-order valence-corrected chi connectivity index (χ0v) is 18.3. The predicted octanol–water partition coefficient (Wildman–Crippen LogP) is 2.14. The lowest BCUT2D eigenvalue weighted by Crippen LogP contribution is -2.47. The summed E-state index contributed by atoms with van der Waals surface area (Å²) in [7, 11) is 0. The summed E-state index contributed by atoms with van der Waals surface area (Å²) in [6.07, 6.45) is 0. The highest BCUT2D eigenvalue weighted by Gasteiger charge is 2.34. The van der Waals surface area contributed by atoms with Gasteiger partial charge in [-0.05, 0) is 31.5 Å². The molecule has 2 aromatic carbocycles. The van der Waals surface area contributed by atoms with Crippen molar-refractivity contribution >= 4 is 23.9 Å². The number of nitrogens with one attached hydrogen (secondary N) is 3. The van der Waals surface area contributed by atoms with Gasteiger partial charge in [0, 0.05) is 5.56 Å². The van der Waals surface area contributed by atoms with E-state index in [1.165, 1.54) is 0 Å². The molecule has 1 aliphatic rings. The average Bonchev–Trinajstić information content (AvgIpc) is 2.81. The molecule has 0 spiro atoms. The second-order valence-electron chi connectivity index (χ2n) is 7.27. The second kappa shape index (κ2) is 10.9. The third-order valence-corrected chi connectivity index (χ3v) is 4.83. The van der Waals surface area contributed by atoms with E-state index >= 15 is 0 Å². The standard InChI is InChI=1S/C24H25N3O6/c1-3-32-23(30)20-18(26-24(31)27-21(20)16-9-5-4-6-10-16)14-33-19(28)13-25-22(29)17-11-7-8-15(2)12-17/h4-12,21H,3,13-14H2,1-2H3,(H,25,29)(H2,26,27,31). The van der Waals surface area contributed by atoms with Gasteiger partial charge in [0.25, 0.3) is 5.91 Å². The summed E-state index contributed by atoms with van der Waals surface area (Å²) < 4.78 is 10.4. The van der Waals surface area contributed by atoms with Crippen molar-refractivity contribution in [2.45, 2.75) is 19.9 Å². The summed E-state index contributed by atoms with van der Waals surface area (Å²) in [5.74, 6) is -1.78. The highest BCUT2D eigenvalue weighted by atomic mass is 16.5. The molecule has 0 saturated heterocycles. The zero-order chi connectivity index (χ0) is 23.8. The topological polar surface area (TPSA) is 123 Å². The fourth-order valence-corrected chi connectivity index (χ4v) is 3.32. The van der Waals surface area contributed by atoms with Crippen LogP contribution in [0.2, 0.25) is 0 Å². The van der Waals surface area contributed by atoms with Crippen LogP contribution in [0.15, 0.2) is 65.9 Å². The van der Waals surface area contributed by atoms with Gasteiger partial charge in [-0.15, -0.1) is 0 Å². The van der Waals surface area contributed by atoms with Crippen LogP contribution in [0.4, 0.5) is 4.79 Å². The van der Waals surface area contributed by atoms with Crippen molar-refractivity contribution in [1.82, 2.24) is 16.0 Å². The molecule has 0 fully saturated rings. The van der Waals surface area contributed by atoms with E-state index < -0.39 is 29.9 Å². The number of amides is 3. The van der Waals surface area contributed by atoms with Gasteiger partial charge in [-0.25, -0.2) is 9.59 Å². The van der Waals surface area contributed by atoms with Gasteiger partial charge in [0.15, 0.2) is 0 Å². The molecule has 2 aromatic rings. The molecule has 3 rings (SSSR count). The van der Waals surface area contributed by atoms with Gasteiger partial charge in [0.2, 0.25) is 0 Å². The van der Waals surface area contributed by atoms with Crippen molar-refractivity contribution in [3.05, 3.63) is 82.6 Å². The Balaban J connectivity index is 1.71. The Morgan fingerprint density at radius 2 is 1.79 bits per heavy atom. The van der Waals surface area contributed by atoms with Gasteiger partial charge < -0.3 is 25.4 Å². The third kappa shape index (κ3) is 6.19. The Bertz CT molecular complexity index is 1080. The lowest BCUT2D eigenvalue weighted by Gasteiger charge is -2.29. The van der Waals surface area contributed by atoms with E-state index in [1.54, 1.807) is 49.4 Å². The number of carbonyl (C=O) groups is 4. The largest absolute Gasteiger partial charge is 0.463 e. The molecule has 172 valence electrons. The Morgan fingerprint density at radius 3 is 2.48 bits per heavy atom. The van der Waals surface area contributed by atoms with E-state index in [0.717, 1.165) is 5.56 Å². The normalized spacial score (nSPS) is 15.2. The van der Waals surface area contributed by atoms with Crippen LogP contribution in [0.1, 0.15) is 34.5 Å². The van der Waals surface area contributed by atoms with E-state index in [0.29, 0.717) is 11.1 Å². The molecule has 9 heteroatoms. The Labute approximate surface area is 191 Å². The Morgan fingerprint density at radius 1 is 1.03 bits per heavy atom. The smallest absolute Gasteiger partial charge is 0.338 e. The molecule has 1 aliphatic heterocycles. The summed E-state index contributed by atoms with van der Waals surface area (Å²) in [4.78, 5) is 49.3. The lowest BCUT2D eigenvalue weighted by atomic mass is 9.95. The van der Waals surface area contributed by atoms with Gasteiger partial charge in [-0.1, -0.05) is 48.0 Å². The highest BCUT2D eigenvalue weighted by molar-refractivity contribution is 5.96. The van der Waals surface area contributed by atoms with E-state index in [9.17, 15) is 19.2 Å². The van der Waals surface area contributed by atoms with Crippen LogP contribution in [-0.2, 0) is 19.1 Å². The minimum atomic E-state index is -0.770. The molecule has 3 N–H and O–H groups in total. The molecule has 1 heterocycles. The maximum Gasteiger partial charge on any atom is 0.338 e. The molecule has 1 atom stereocenters. The van der Waals surface area contributed by atoms with Crippen molar-refractivity contribution in [2.24, 2.45) is 0 Å². The predicted molar refractivity (Wildman–Crippen MR) is 119 cm³/mol. The molecule has 9 nitrogen and oxygen atoms in total. The number of hydrogen-bond acceptors (Lipinski definition) is 6. The first-order valence-corrected chi connectivity index (χ1v) is 10.4. The van der Waals surface area contributed by atoms with Crippen LogP contribution in [0, 0.1) is 6.92 Å². The molecule has 1 unspecified atom stereocenters. The molecule has 3 amide bonds. The molecule has 0 bridgehead atoms. The van der Waals surface area contributed by atoms with Crippen molar-refractivity contribution in [2.75, 3.05) is 19.8 Å². The molecule has 0 aliphatic carbocycles. The maximum atomic E-state index is 12.7. The molecule has 0 radical (unpaired) electrons.